The monoisotopic (exact) mass is 303 g/mol. The van der Waals surface area contributed by atoms with Gasteiger partial charge in [-0.3, -0.25) is 0 Å². The van der Waals surface area contributed by atoms with Crippen molar-refractivity contribution in [3.8, 4) is 5.75 Å². The highest BCUT2D eigenvalue weighted by atomic mass is 32.1. The van der Waals surface area contributed by atoms with Crippen LogP contribution in [0.15, 0.2) is 29.0 Å². The van der Waals surface area contributed by atoms with E-state index in [-0.39, 0.29) is 6.04 Å². The second-order valence-electron chi connectivity index (χ2n) is 5.66. The highest BCUT2D eigenvalue weighted by Gasteiger charge is 2.09. The Morgan fingerprint density at radius 2 is 1.90 bits per heavy atom. The number of hydrogen-bond acceptors (Lipinski definition) is 3. The fraction of sp³-hybridized carbons (Fsp3) is 0.444. The molecule has 21 heavy (non-hydrogen) atoms. The summed E-state index contributed by atoms with van der Waals surface area (Å²) in [4.78, 5) is 0. The van der Waals surface area contributed by atoms with E-state index in [1.165, 1.54) is 22.3 Å². The lowest BCUT2D eigenvalue weighted by molar-refractivity contribution is 0.317. The van der Waals surface area contributed by atoms with Gasteiger partial charge in [0.25, 0.3) is 0 Å². The fourth-order valence-corrected chi connectivity index (χ4v) is 3.24. The second kappa shape index (κ2) is 7.62. The molecule has 1 atom stereocenters. The van der Waals surface area contributed by atoms with Crippen LogP contribution in [-0.2, 0) is 12.8 Å². The number of rotatable bonds is 7. The zero-order valence-electron chi connectivity index (χ0n) is 13.2. The second-order valence-corrected chi connectivity index (χ2v) is 6.44. The van der Waals surface area contributed by atoms with Gasteiger partial charge in [0.05, 0.1) is 6.61 Å². The van der Waals surface area contributed by atoms with Gasteiger partial charge in [0.2, 0.25) is 0 Å². The minimum Gasteiger partial charge on any atom is -0.493 e. The summed E-state index contributed by atoms with van der Waals surface area (Å²) in [5.41, 5.74) is 11.1. The lowest BCUT2D eigenvalue weighted by Gasteiger charge is -2.15. The first-order valence-corrected chi connectivity index (χ1v) is 8.54. The number of benzene rings is 1. The minimum atomic E-state index is 0.245. The molecule has 0 saturated carbocycles. The standard InChI is InChI=1S/C18H25NOS/c1-4-17(19)11-16-9-13(2)18(14(3)10-16)20-7-5-15-6-8-21-12-15/h6,8-10,12,17H,4-5,7,11,19H2,1-3H3. The van der Waals surface area contributed by atoms with Crippen LogP contribution in [0.2, 0.25) is 0 Å². The van der Waals surface area contributed by atoms with Crippen LogP contribution in [0, 0.1) is 13.8 Å². The number of aryl methyl sites for hydroxylation is 2. The summed E-state index contributed by atoms with van der Waals surface area (Å²) in [5, 5.41) is 4.29. The van der Waals surface area contributed by atoms with Crippen molar-refractivity contribution in [3.05, 3.63) is 51.2 Å². The van der Waals surface area contributed by atoms with Crippen molar-refractivity contribution < 1.29 is 4.74 Å². The van der Waals surface area contributed by atoms with Crippen LogP contribution in [0.4, 0.5) is 0 Å². The summed E-state index contributed by atoms with van der Waals surface area (Å²) >= 11 is 1.73. The Bertz CT molecular complexity index is 540. The zero-order valence-corrected chi connectivity index (χ0v) is 14.0. The molecule has 0 aliphatic carbocycles. The molecule has 1 heterocycles. The van der Waals surface area contributed by atoms with E-state index in [0.717, 1.165) is 31.6 Å². The average molecular weight is 303 g/mol. The molecule has 114 valence electrons. The van der Waals surface area contributed by atoms with Gasteiger partial charge < -0.3 is 10.5 Å². The normalized spacial score (nSPS) is 12.4. The molecular weight excluding hydrogens is 278 g/mol. The van der Waals surface area contributed by atoms with Gasteiger partial charge in [-0.1, -0.05) is 19.1 Å². The Kier molecular flexibility index (Phi) is 5.83. The average Bonchev–Trinajstić information content (AvgIpc) is 2.95. The first-order chi connectivity index (χ1) is 10.1. The number of thiophene rings is 1. The smallest absolute Gasteiger partial charge is 0.125 e. The molecule has 0 saturated heterocycles. The Morgan fingerprint density at radius 3 is 2.48 bits per heavy atom. The molecule has 2 rings (SSSR count). The molecule has 0 bridgehead atoms. The van der Waals surface area contributed by atoms with E-state index in [9.17, 15) is 0 Å². The van der Waals surface area contributed by atoms with Gasteiger partial charge >= 0.3 is 0 Å². The minimum absolute atomic E-state index is 0.245. The van der Waals surface area contributed by atoms with Crippen molar-refractivity contribution in [1.82, 2.24) is 0 Å². The molecule has 0 radical (unpaired) electrons. The summed E-state index contributed by atoms with van der Waals surface area (Å²) in [6.45, 7) is 7.10. The van der Waals surface area contributed by atoms with E-state index in [0.29, 0.717) is 0 Å². The van der Waals surface area contributed by atoms with E-state index in [1.807, 2.05) is 0 Å². The van der Waals surface area contributed by atoms with Crippen molar-refractivity contribution in [1.29, 1.82) is 0 Å². The maximum Gasteiger partial charge on any atom is 0.125 e. The first-order valence-electron chi connectivity index (χ1n) is 7.59. The molecule has 2 nitrogen and oxygen atoms in total. The molecule has 1 aromatic carbocycles. The van der Waals surface area contributed by atoms with Crippen molar-refractivity contribution in [2.24, 2.45) is 5.73 Å². The molecule has 2 N–H and O–H groups in total. The highest BCUT2D eigenvalue weighted by molar-refractivity contribution is 7.07. The van der Waals surface area contributed by atoms with E-state index in [2.05, 4.69) is 49.7 Å². The number of nitrogens with two attached hydrogens (primary N) is 1. The van der Waals surface area contributed by atoms with Crippen molar-refractivity contribution in [2.75, 3.05) is 6.61 Å². The van der Waals surface area contributed by atoms with E-state index >= 15 is 0 Å². The molecule has 0 aliphatic heterocycles. The van der Waals surface area contributed by atoms with Crippen molar-refractivity contribution in [2.45, 2.75) is 46.1 Å². The summed E-state index contributed by atoms with van der Waals surface area (Å²) < 4.78 is 6.00. The Balaban J connectivity index is 1.99. The molecule has 0 spiro atoms. The van der Waals surface area contributed by atoms with Gasteiger partial charge in [0.15, 0.2) is 0 Å². The van der Waals surface area contributed by atoms with Gasteiger partial charge in [0.1, 0.15) is 5.75 Å². The van der Waals surface area contributed by atoms with Crippen LogP contribution in [0.3, 0.4) is 0 Å². The zero-order chi connectivity index (χ0) is 15.2. The van der Waals surface area contributed by atoms with Gasteiger partial charge in [-0.2, -0.15) is 11.3 Å². The molecule has 3 heteroatoms. The molecule has 1 unspecified atom stereocenters. The number of ether oxygens (including phenoxy) is 1. The van der Waals surface area contributed by atoms with Crippen LogP contribution in [0.25, 0.3) is 0 Å². The molecule has 1 aromatic heterocycles. The Labute approximate surface area is 132 Å². The van der Waals surface area contributed by atoms with E-state index < -0.39 is 0 Å². The first kappa shape index (κ1) is 16.1. The fourth-order valence-electron chi connectivity index (χ4n) is 2.54. The number of hydrogen-bond donors (Lipinski definition) is 1. The van der Waals surface area contributed by atoms with E-state index in [1.54, 1.807) is 11.3 Å². The quantitative estimate of drug-likeness (QED) is 0.829. The molecule has 0 amide bonds. The third-order valence-corrected chi connectivity index (χ3v) is 4.49. The summed E-state index contributed by atoms with van der Waals surface area (Å²) in [6, 6.07) is 6.82. The lowest BCUT2D eigenvalue weighted by atomic mass is 9.99. The largest absolute Gasteiger partial charge is 0.493 e. The summed E-state index contributed by atoms with van der Waals surface area (Å²) in [5.74, 6) is 1.03. The van der Waals surface area contributed by atoms with Crippen molar-refractivity contribution in [3.63, 3.8) is 0 Å². The van der Waals surface area contributed by atoms with Crippen LogP contribution < -0.4 is 10.5 Å². The Morgan fingerprint density at radius 1 is 1.19 bits per heavy atom. The van der Waals surface area contributed by atoms with Gasteiger partial charge in [-0.15, -0.1) is 0 Å². The van der Waals surface area contributed by atoms with Crippen molar-refractivity contribution >= 4 is 11.3 Å². The topological polar surface area (TPSA) is 35.2 Å². The third kappa shape index (κ3) is 4.58. The SMILES string of the molecule is CCC(N)Cc1cc(C)c(OCCc2ccsc2)c(C)c1. The van der Waals surface area contributed by atoms with Crippen LogP contribution in [0.1, 0.15) is 35.6 Å². The molecule has 2 aromatic rings. The van der Waals surface area contributed by atoms with Crippen LogP contribution in [-0.4, -0.2) is 12.6 Å². The molecule has 0 aliphatic rings. The third-order valence-electron chi connectivity index (χ3n) is 3.76. The maximum absolute atomic E-state index is 6.05. The predicted molar refractivity (Wildman–Crippen MR) is 91.4 cm³/mol. The Hall–Kier alpha value is -1.32. The summed E-state index contributed by atoms with van der Waals surface area (Å²) in [7, 11) is 0. The molecular formula is C18H25NOS. The lowest BCUT2D eigenvalue weighted by Crippen LogP contribution is -2.21. The van der Waals surface area contributed by atoms with E-state index in [4.69, 9.17) is 10.5 Å². The van der Waals surface area contributed by atoms with Crippen LogP contribution in [0.5, 0.6) is 5.75 Å². The molecule has 0 fully saturated rings. The highest BCUT2D eigenvalue weighted by Crippen LogP contribution is 2.25. The predicted octanol–water partition coefficient (Wildman–Crippen LogP) is 4.27. The maximum atomic E-state index is 6.05. The van der Waals surface area contributed by atoms with Gasteiger partial charge in [-0.05, 0) is 65.8 Å². The van der Waals surface area contributed by atoms with Crippen LogP contribution >= 0.6 is 11.3 Å². The van der Waals surface area contributed by atoms with Gasteiger partial charge in [0, 0.05) is 12.5 Å². The van der Waals surface area contributed by atoms with Gasteiger partial charge in [-0.25, -0.2) is 0 Å². The summed E-state index contributed by atoms with van der Waals surface area (Å²) in [6.07, 6.45) is 2.91.